The topological polar surface area (TPSA) is 26.0 Å². The SMILES string of the molecule is N[C@@H](c1c(Cl)cccc1Cl)C(F)(F)C(F)(F)F. The molecular formula is C9H6Cl2F5N. The summed E-state index contributed by atoms with van der Waals surface area (Å²) in [5.41, 5.74) is 4.29. The lowest BCUT2D eigenvalue weighted by molar-refractivity contribution is -0.290. The fourth-order valence-electron chi connectivity index (χ4n) is 1.17. The van der Waals surface area contributed by atoms with Crippen LogP contribution in [0.2, 0.25) is 10.0 Å². The van der Waals surface area contributed by atoms with Crippen molar-refractivity contribution in [2.24, 2.45) is 5.73 Å². The molecule has 8 heteroatoms. The Morgan fingerprint density at radius 2 is 1.41 bits per heavy atom. The molecule has 17 heavy (non-hydrogen) atoms. The number of halogens is 7. The van der Waals surface area contributed by atoms with Crippen molar-refractivity contribution in [2.45, 2.75) is 18.1 Å². The minimum Gasteiger partial charge on any atom is -0.319 e. The third kappa shape index (κ3) is 2.64. The maximum absolute atomic E-state index is 13.0. The van der Waals surface area contributed by atoms with Crippen molar-refractivity contribution in [2.75, 3.05) is 0 Å². The quantitative estimate of drug-likeness (QED) is 0.813. The average Bonchev–Trinajstić information content (AvgIpc) is 2.15. The molecule has 1 nitrogen and oxygen atoms in total. The third-order valence-electron chi connectivity index (χ3n) is 2.08. The molecule has 1 aromatic carbocycles. The number of hydrogen-bond donors (Lipinski definition) is 1. The van der Waals surface area contributed by atoms with Crippen LogP contribution < -0.4 is 5.73 Å². The molecule has 1 rings (SSSR count). The highest BCUT2D eigenvalue weighted by Crippen LogP contribution is 2.46. The molecular weight excluding hydrogens is 288 g/mol. The molecule has 0 spiro atoms. The van der Waals surface area contributed by atoms with Crippen LogP contribution in [0.1, 0.15) is 11.6 Å². The fraction of sp³-hybridized carbons (Fsp3) is 0.333. The van der Waals surface area contributed by atoms with Crippen molar-refractivity contribution in [3.8, 4) is 0 Å². The number of benzene rings is 1. The molecule has 0 saturated heterocycles. The maximum atomic E-state index is 13.0. The first-order valence-electron chi connectivity index (χ1n) is 4.23. The molecule has 2 N–H and O–H groups in total. The first-order chi connectivity index (χ1) is 7.59. The Morgan fingerprint density at radius 3 is 1.76 bits per heavy atom. The van der Waals surface area contributed by atoms with E-state index < -0.39 is 23.7 Å². The predicted octanol–water partition coefficient (Wildman–Crippen LogP) is 4.19. The summed E-state index contributed by atoms with van der Waals surface area (Å²) < 4.78 is 62.4. The summed E-state index contributed by atoms with van der Waals surface area (Å²) in [7, 11) is 0. The van der Waals surface area contributed by atoms with Gasteiger partial charge in [0.1, 0.15) is 6.04 Å². The van der Waals surface area contributed by atoms with Gasteiger partial charge in [0.25, 0.3) is 0 Å². The van der Waals surface area contributed by atoms with Crippen molar-refractivity contribution in [3.63, 3.8) is 0 Å². The van der Waals surface area contributed by atoms with E-state index in [0.29, 0.717) is 0 Å². The molecule has 0 aliphatic heterocycles. The lowest BCUT2D eigenvalue weighted by Crippen LogP contribution is -2.46. The van der Waals surface area contributed by atoms with Gasteiger partial charge >= 0.3 is 12.1 Å². The summed E-state index contributed by atoms with van der Waals surface area (Å²) in [6, 6.07) is 0.931. The zero-order valence-electron chi connectivity index (χ0n) is 8.03. The second-order valence-corrected chi connectivity index (χ2v) is 4.05. The van der Waals surface area contributed by atoms with Gasteiger partial charge in [-0.15, -0.1) is 0 Å². The number of rotatable bonds is 2. The normalized spacial score (nSPS) is 14.8. The second-order valence-electron chi connectivity index (χ2n) is 3.23. The number of alkyl halides is 5. The number of hydrogen-bond acceptors (Lipinski definition) is 1. The molecule has 0 aromatic heterocycles. The van der Waals surface area contributed by atoms with Crippen molar-refractivity contribution < 1.29 is 22.0 Å². The van der Waals surface area contributed by atoms with E-state index in [0.717, 1.165) is 12.1 Å². The minimum absolute atomic E-state index is 0.339. The summed E-state index contributed by atoms with van der Waals surface area (Å²) in [6.07, 6.45) is -5.77. The predicted molar refractivity (Wildman–Crippen MR) is 54.4 cm³/mol. The molecule has 0 aliphatic carbocycles. The van der Waals surface area contributed by atoms with Crippen LogP contribution in [0.15, 0.2) is 18.2 Å². The van der Waals surface area contributed by atoms with Crippen LogP contribution in [0.5, 0.6) is 0 Å². The zero-order chi connectivity index (χ0) is 13.4. The average molecular weight is 294 g/mol. The summed E-state index contributed by atoms with van der Waals surface area (Å²) in [4.78, 5) is 0. The van der Waals surface area contributed by atoms with Crippen molar-refractivity contribution in [1.29, 1.82) is 0 Å². The Kier molecular flexibility index (Phi) is 3.91. The van der Waals surface area contributed by atoms with Crippen LogP contribution in [0.25, 0.3) is 0 Å². The Morgan fingerprint density at radius 1 is 1.00 bits per heavy atom. The van der Waals surface area contributed by atoms with E-state index in [4.69, 9.17) is 28.9 Å². The molecule has 0 radical (unpaired) electrons. The Bertz CT molecular complexity index is 398. The van der Waals surface area contributed by atoms with E-state index >= 15 is 0 Å². The Balaban J connectivity index is 3.26. The molecule has 0 amide bonds. The van der Waals surface area contributed by atoms with Gasteiger partial charge in [0, 0.05) is 15.6 Å². The van der Waals surface area contributed by atoms with Crippen LogP contribution in [-0.4, -0.2) is 12.1 Å². The van der Waals surface area contributed by atoms with Crippen LogP contribution in [-0.2, 0) is 0 Å². The first-order valence-corrected chi connectivity index (χ1v) is 4.98. The third-order valence-corrected chi connectivity index (χ3v) is 2.74. The van der Waals surface area contributed by atoms with Gasteiger partial charge in [-0.2, -0.15) is 22.0 Å². The van der Waals surface area contributed by atoms with Gasteiger partial charge in [-0.3, -0.25) is 0 Å². The highest BCUT2D eigenvalue weighted by atomic mass is 35.5. The number of nitrogens with two attached hydrogens (primary N) is 1. The van der Waals surface area contributed by atoms with E-state index in [-0.39, 0.29) is 10.0 Å². The van der Waals surface area contributed by atoms with Crippen LogP contribution in [0, 0.1) is 0 Å². The van der Waals surface area contributed by atoms with Gasteiger partial charge in [0.05, 0.1) is 0 Å². The van der Waals surface area contributed by atoms with E-state index in [1.165, 1.54) is 6.07 Å². The summed E-state index contributed by atoms with van der Waals surface area (Å²) in [6.45, 7) is 0. The molecule has 0 bridgehead atoms. The Labute approximate surface area is 103 Å². The highest BCUT2D eigenvalue weighted by Gasteiger charge is 2.62. The van der Waals surface area contributed by atoms with Crippen molar-refractivity contribution >= 4 is 23.2 Å². The largest absolute Gasteiger partial charge is 0.455 e. The molecule has 1 aromatic rings. The van der Waals surface area contributed by atoms with E-state index in [1.54, 1.807) is 0 Å². The molecule has 0 unspecified atom stereocenters. The van der Waals surface area contributed by atoms with Crippen LogP contribution in [0.4, 0.5) is 22.0 Å². The van der Waals surface area contributed by atoms with Gasteiger partial charge in [-0.1, -0.05) is 29.3 Å². The van der Waals surface area contributed by atoms with E-state index in [9.17, 15) is 22.0 Å². The molecule has 0 heterocycles. The monoisotopic (exact) mass is 293 g/mol. The minimum atomic E-state index is -5.77. The fourth-order valence-corrected chi connectivity index (χ4v) is 1.80. The highest BCUT2D eigenvalue weighted by molar-refractivity contribution is 6.36. The van der Waals surface area contributed by atoms with Gasteiger partial charge in [0.2, 0.25) is 0 Å². The smallest absolute Gasteiger partial charge is 0.319 e. The lowest BCUT2D eigenvalue weighted by Gasteiger charge is -2.27. The standard InChI is InChI=1S/C9H6Cl2F5N/c10-4-2-1-3-5(11)6(4)7(17)8(12,13)9(14,15)16/h1-3,7H,17H2/t7-/m0/s1. The molecule has 96 valence electrons. The van der Waals surface area contributed by atoms with Gasteiger partial charge in [-0.05, 0) is 12.1 Å². The zero-order valence-corrected chi connectivity index (χ0v) is 9.54. The van der Waals surface area contributed by atoms with Crippen LogP contribution in [0.3, 0.4) is 0 Å². The molecule has 0 fully saturated rings. The van der Waals surface area contributed by atoms with Crippen LogP contribution >= 0.6 is 23.2 Å². The molecule has 0 aliphatic rings. The summed E-state index contributed by atoms with van der Waals surface area (Å²) in [5.74, 6) is -5.11. The molecule has 0 saturated carbocycles. The van der Waals surface area contributed by atoms with Gasteiger partial charge in [0.15, 0.2) is 0 Å². The van der Waals surface area contributed by atoms with Gasteiger partial charge < -0.3 is 5.73 Å². The lowest BCUT2D eigenvalue weighted by atomic mass is 10.0. The molecule has 1 atom stereocenters. The van der Waals surface area contributed by atoms with Crippen molar-refractivity contribution in [1.82, 2.24) is 0 Å². The summed E-state index contributed by atoms with van der Waals surface area (Å²) >= 11 is 11.0. The van der Waals surface area contributed by atoms with E-state index in [1.807, 2.05) is 0 Å². The first kappa shape index (κ1) is 14.5. The summed E-state index contributed by atoms with van der Waals surface area (Å²) in [5, 5.41) is -0.678. The van der Waals surface area contributed by atoms with E-state index in [2.05, 4.69) is 0 Å². The maximum Gasteiger partial charge on any atom is 0.455 e. The Hall–Kier alpha value is -0.590. The van der Waals surface area contributed by atoms with Crippen molar-refractivity contribution in [3.05, 3.63) is 33.8 Å². The van der Waals surface area contributed by atoms with Gasteiger partial charge in [-0.25, -0.2) is 0 Å². The second kappa shape index (κ2) is 4.59.